The van der Waals surface area contributed by atoms with E-state index in [1.165, 1.54) is 25.6 Å². The third kappa shape index (κ3) is 2.23. The highest BCUT2D eigenvalue weighted by atomic mass is 16.5. The first-order valence-corrected chi connectivity index (χ1v) is 6.65. The van der Waals surface area contributed by atoms with Crippen molar-refractivity contribution >= 4 is 0 Å². The van der Waals surface area contributed by atoms with Crippen LogP contribution in [-0.4, -0.2) is 26.7 Å². The number of nitrogens with zero attached hydrogens (tertiary/aromatic N) is 4. The summed E-state index contributed by atoms with van der Waals surface area (Å²) < 4.78 is 5.45. The van der Waals surface area contributed by atoms with Crippen LogP contribution in [0.3, 0.4) is 0 Å². The minimum Gasteiger partial charge on any atom is -0.338 e. The summed E-state index contributed by atoms with van der Waals surface area (Å²) >= 11 is 0. The average Bonchev–Trinajstić information content (AvgIpc) is 2.99. The maximum absolute atomic E-state index is 5.96. The van der Waals surface area contributed by atoms with E-state index in [0.717, 1.165) is 12.8 Å². The summed E-state index contributed by atoms with van der Waals surface area (Å²) in [6.07, 6.45) is 8.78. The Morgan fingerprint density at radius 2 is 2.11 bits per heavy atom. The standard InChI is InChI=1S/C13H17N5O/c14-8-13(5-2-1-3-6-13)12-17-11(18-19-12)10-4-7-15-9-16-10/h4,7,9H,1-3,5-6,8,14H2. The lowest BCUT2D eigenvalue weighted by molar-refractivity contribution is 0.220. The number of nitrogens with two attached hydrogens (primary N) is 1. The number of hydrogen-bond donors (Lipinski definition) is 1. The van der Waals surface area contributed by atoms with Crippen molar-refractivity contribution in [1.82, 2.24) is 20.1 Å². The summed E-state index contributed by atoms with van der Waals surface area (Å²) in [5, 5.41) is 4.02. The molecule has 0 atom stereocenters. The second-order valence-electron chi connectivity index (χ2n) is 5.06. The van der Waals surface area contributed by atoms with Gasteiger partial charge in [-0.1, -0.05) is 24.4 Å². The molecule has 0 radical (unpaired) electrons. The second kappa shape index (κ2) is 5.05. The van der Waals surface area contributed by atoms with Crippen LogP contribution >= 0.6 is 0 Å². The molecule has 0 aliphatic heterocycles. The van der Waals surface area contributed by atoms with E-state index in [4.69, 9.17) is 10.3 Å². The SMILES string of the molecule is NCC1(c2nc(-c3ccncn3)no2)CCCCC1. The lowest BCUT2D eigenvalue weighted by Gasteiger charge is -2.32. The Bertz CT molecular complexity index is 533. The summed E-state index contributed by atoms with van der Waals surface area (Å²) in [7, 11) is 0. The molecular weight excluding hydrogens is 242 g/mol. The molecule has 2 aromatic rings. The van der Waals surface area contributed by atoms with Crippen LogP contribution in [0, 0.1) is 0 Å². The first-order valence-electron chi connectivity index (χ1n) is 6.65. The summed E-state index contributed by atoms with van der Waals surface area (Å²) in [5.41, 5.74) is 6.50. The molecule has 6 nitrogen and oxygen atoms in total. The van der Waals surface area contributed by atoms with E-state index in [1.807, 2.05) is 0 Å². The fraction of sp³-hybridized carbons (Fsp3) is 0.538. The van der Waals surface area contributed by atoms with Gasteiger partial charge in [0.15, 0.2) is 0 Å². The minimum atomic E-state index is -0.142. The Balaban J connectivity index is 1.92. The maximum Gasteiger partial charge on any atom is 0.234 e. The lowest BCUT2D eigenvalue weighted by Crippen LogP contribution is -2.37. The zero-order chi connectivity index (χ0) is 13.1. The van der Waals surface area contributed by atoms with Gasteiger partial charge in [0.25, 0.3) is 0 Å². The van der Waals surface area contributed by atoms with Crippen molar-refractivity contribution in [2.75, 3.05) is 6.54 Å². The zero-order valence-electron chi connectivity index (χ0n) is 10.7. The van der Waals surface area contributed by atoms with E-state index < -0.39 is 0 Å². The van der Waals surface area contributed by atoms with Gasteiger partial charge in [0.1, 0.15) is 12.0 Å². The van der Waals surface area contributed by atoms with Gasteiger partial charge < -0.3 is 10.3 Å². The van der Waals surface area contributed by atoms with Crippen LogP contribution in [0.5, 0.6) is 0 Å². The monoisotopic (exact) mass is 259 g/mol. The largest absolute Gasteiger partial charge is 0.338 e. The van der Waals surface area contributed by atoms with Crippen molar-refractivity contribution in [3.63, 3.8) is 0 Å². The van der Waals surface area contributed by atoms with E-state index in [9.17, 15) is 0 Å². The third-order valence-corrected chi connectivity index (χ3v) is 3.89. The van der Waals surface area contributed by atoms with Gasteiger partial charge in [-0.3, -0.25) is 0 Å². The molecule has 19 heavy (non-hydrogen) atoms. The zero-order valence-corrected chi connectivity index (χ0v) is 10.7. The van der Waals surface area contributed by atoms with Crippen LogP contribution in [0.15, 0.2) is 23.1 Å². The van der Waals surface area contributed by atoms with Crippen molar-refractivity contribution in [3.8, 4) is 11.5 Å². The number of rotatable bonds is 3. The molecule has 2 heterocycles. The molecule has 0 bridgehead atoms. The third-order valence-electron chi connectivity index (χ3n) is 3.89. The molecule has 2 aromatic heterocycles. The van der Waals surface area contributed by atoms with Crippen molar-refractivity contribution in [2.24, 2.45) is 5.73 Å². The molecule has 1 fully saturated rings. The van der Waals surface area contributed by atoms with Gasteiger partial charge in [-0.25, -0.2) is 9.97 Å². The normalized spacial score (nSPS) is 18.4. The molecule has 1 aliphatic carbocycles. The summed E-state index contributed by atoms with van der Waals surface area (Å²) in [5.74, 6) is 1.17. The predicted octanol–water partition coefficient (Wildman–Crippen LogP) is 1.69. The van der Waals surface area contributed by atoms with Gasteiger partial charge >= 0.3 is 0 Å². The molecule has 0 spiro atoms. The molecule has 0 amide bonds. The highest BCUT2D eigenvalue weighted by Crippen LogP contribution is 2.38. The van der Waals surface area contributed by atoms with Gasteiger partial charge in [-0.2, -0.15) is 4.98 Å². The minimum absolute atomic E-state index is 0.142. The van der Waals surface area contributed by atoms with E-state index >= 15 is 0 Å². The Morgan fingerprint density at radius 3 is 2.79 bits per heavy atom. The van der Waals surface area contributed by atoms with Crippen molar-refractivity contribution in [3.05, 3.63) is 24.5 Å². The van der Waals surface area contributed by atoms with Gasteiger partial charge in [-0.05, 0) is 18.9 Å². The van der Waals surface area contributed by atoms with E-state index in [1.54, 1.807) is 12.3 Å². The lowest BCUT2D eigenvalue weighted by atomic mass is 9.74. The molecular formula is C13H17N5O. The Labute approximate surface area is 111 Å². The van der Waals surface area contributed by atoms with Crippen LogP contribution in [0.1, 0.15) is 38.0 Å². The van der Waals surface area contributed by atoms with Crippen LogP contribution in [-0.2, 0) is 5.41 Å². The first-order chi connectivity index (χ1) is 9.34. The van der Waals surface area contributed by atoms with Gasteiger partial charge in [0, 0.05) is 12.7 Å². The van der Waals surface area contributed by atoms with Crippen molar-refractivity contribution < 1.29 is 4.52 Å². The molecule has 100 valence electrons. The molecule has 2 N–H and O–H groups in total. The molecule has 1 aliphatic rings. The predicted molar refractivity (Wildman–Crippen MR) is 69.1 cm³/mol. The Morgan fingerprint density at radius 1 is 1.26 bits per heavy atom. The first kappa shape index (κ1) is 12.2. The highest BCUT2D eigenvalue weighted by Gasteiger charge is 2.38. The van der Waals surface area contributed by atoms with Gasteiger partial charge in [0.05, 0.1) is 5.41 Å². The molecule has 0 aromatic carbocycles. The molecule has 0 saturated heterocycles. The summed E-state index contributed by atoms with van der Waals surface area (Å²) in [4.78, 5) is 12.5. The van der Waals surface area contributed by atoms with E-state index in [2.05, 4.69) is 20.1 Å². The van der Waals surface area contributed by atoms with Crippen molar-refractivity contribution in [2.45, 2.75) is 37.5 Å². The number of hydrogen-bond acceptors (Lipinski definition) is 6. The Hall–Kier alpha value is -1.82. The number of aromatic nitrogens is 4. The van der Waals surface area contributed by atoms with E-state index in [-0.39, 0.29) is 5.41 Å². The van der Waals surface area contributed by atoms with Crippen LogP contribution in [0.2, 0.25) is 0 Å². The quantitative estimate of drug-likeness (QED) is 0.901. The van der Waals surface area contributed by atoms with Gasteiger partial charge in [-0.15, -0.1) is 0 Å². The molecule has 6 heteroatoms. The summed E-state index contributed by atoms with van der Waals surface area (Å²) in [6.45, 7) is 0.554. The van der Waals surface area contributed by atoms with Crippen LogP contribution in [0.4, 0.5) is 0 Å². The van der Waals surface area contributed by atoms with Crippen molar-refractivity contribution in [1.29, 1.82) is 0 Å². The van der Waals surface area contributed by atoms with Crippen LogP contribution < -0.4 is 5.73 Å². The average molecular weight is 259 g/mol. The van der Waals surface area contributed by atoms with Gasteiger partial charge in [0.2, 0.25) is 11.7 Å². The highest BCUT2D eigenvalue weighted by molar-refractivity contribution is 5.46. The molecule has 1 saturated carbocycles. The molecule has 0 unspecified atom stereocenters. The fourth-order valence-electron chi connectivity index (χ4n) is 2.70. The second-order valence-corrected chi connectivity index (χ2v) is 5.06. The van der Waals surface area contributed by atoms with Crippen LogP contribution in [0.25, 0.3) is 11.5 Å². The maximum atomic E-state index is 5.96. The topological polar surface area (TPSA) is 90.7 Å². The smallest absolute Gasteiger partial charge is 0.234 e. The summed E-state index contributed by atoms with van der Waals surface area (Å²) in [6, 6.07) is 1.77. The Kier molecular flexibility index (Phi) is 3.25. The molecule has 3 rings (SSSR count). The fourth-order valence-corrected chi connectivity index (χ4v) is 2.70. The van der Waals surface area contributed by atoms with E-state index in [0.29, 0.717) is 24.0 Å².